The van der Waals surface area contributed by atoms with Gasteiger partial charge in [0.1, 0.15) is 0 Å². The lowest BCUT2D eigenvalue weighted by molar-refractivity contribution is 0.872. The molecule has 0 saturated carbocycles. The predicted octanol–water partition coefficient (Wildman–Crippen LogP) is 5.65. The molecule has 3 heteroatoms. The van der Waals surface area contributed by atoms with Gasteiger partial charge in [-0.25, -0.2) is 4.68 Å². The zero-order valence-corrected chi connectivity index (χ0v) is 12.3. The topological polar surface area (TPSA) is 29.6 Å². The van der Waals surface area contributed by atoms with Crippen molar-refractivity contribution in [2.45, 2.75) is 6.92 Å². The van der Waals surface area contributed by atoms with Crippen LogP contribution in [0, 0.1) is 6.92 Å². The molecular weight excluding hydrogens is 270 g/mol. The van der Waals surface area contributed by atoms with E-state index < -0.39 is 0 Å². The fourth-order valence-corrected chi connectivity index (χ4v) is 2.71. The van der Waals surface area contributed by atoms with Gasteiger partial charge in [0, 0.05) is 10.8 Å². The van der Waals surface area contributed by atoms with Crippen molar-refractivity contribution in [1.82, 2.24) is 4.68 Å². The van der Waals surface area contributed by atoms with Gasteiger partial charge >= 0.3 is 0 Å². The summed E-state index contributed by atoms with van der Waals surface area (Å²) in [6.07, 6.45) is 0. The maximum Gasteiger partial charge on any atom is 0.0874 e. The summed E-state index contributed by atoms with van der Waals surface area (Å²) < 4.78 is 1.91. The van der Waals surface area contributed by atoms with Crippen LogP contribution in [0.25, 0.3) is 21.8 Å². The smallest absolute Gasteiger partial charge is 0.0874 e. The molecule has 4 rings (SSSR count). The zero-order chi connectivity index (χ0) is 14.9. The van der Waals surface area contributed by atoms with E-state index in [4.69, 9.17) is 0 Å². The lowest BCUT2D eigenvalue weighted by Gasteiger charge is -1.98. The van der Waals surface area contributed by atoms with Crippen molar-refractivity contribution in [2.24, 2.45) is 10.3 Å². The highest BCUT2D eigenvalue weighted by atomic mass is 15.5. The molecule has 0 N–H and O–H groups in total. The summed E-state index contributed by atoms with van der Waals surface area (Å²) in [5, 5.41) is 11.2. The molecule has 0 unspecified atom stereocenters. The summed E-state index contributed by atoms with van der Waals surface area (Å²) in [6, 6.07) is 24.6. The van der Waals surface area contributed by atoms with Crippen LogP contribution < -0.4 is 0 Å². The molecule has 4 aromatic rings. The van der Waals surface area contributed by atoms with Crippen molar-refractivity contribution in [1.29, 1.82) is 0 Å². The number of hydrogen-bond donors (Lipinski definition) is 0. The second-order valence-electron chi connectivity index (χ2n) is 5.37. The Morgan fingerprint density at radius 3 is 1.82 bits per heavy atom. The molecule has 22 heavy (non-hydrogen) atoms. The van der Waals surface area contributed by atoms with E-state index in [-0.39, 0.29) is 0 Å². The quantitative estimate of drug-likeness (QED) is 0.426. The molecule has 0 saturated heterocycles. The molecule has 1 heterocycles. The minimum absolute atomic E-state index is 0.854. The van der Waals surface area contributed by atoms with Crippen molar-refractivity contribution < 1.29 is 0 Å². The predicted molar refractivity (Wildman–Crippen MR) is 90.5 cm³/mol. The van der Waals surface area contributed by atoms with Crippen LogP contribution in [0.1, 0.15) is 5.56 Å². The van der Waals surface area contributed by atoms with E-state index in [1.165, 1.54) is 16.3 Å². The van der Waals surface area contributed by atoms with Crippen molar-refractivity contribution in [2.75, 3.05) is 0 Å². The van der Waals surface area contributed by atoms with Gasteiger partial charge in [-0.1, -0.05) is 59.3 Å². The summed E-state index contributed by atoms with van der Waals surface area (Å²) >= 11 is 0. The minimum atomic E-state index is 0.854. The second kappa shape index (κ2) is 5.11. The number of aryl methyl sites for hydroxylation is 1. The van der Waals surface area contributed by atoms with E-state index in [1.807, 2.05) is 41.1 Å². The Bertz CT molecular complexity index is 925. The van der Waals surface area contributed by atoms with Gasteiger partial charge in [0.15, 0.2) is 0 Å². The number of para-hydroxylation sites is 2. The Kier molecular flexibility index (Phi) is 2.97. The highest BCUT2D eigenvalue weighted by Gasteiger charge is 2.08. The van der Waals surface area contributed by atoms with Crippen molar-refractivity contribution >= 4 is 27.5 Å². The molecule has 0 spiro atoms. The second-order valence-corrected chi connectivity index (χ2v) is 5.37. The van der Waals surface area contributed by atoms with E-state index >= 15 is 0 Å². The van der Waals surface area contributed by atoms with Crippen LogP contribution in [0.4, 0.5) is 5.69 Å². The number of benzene rings is 3. The molecule has 0 amide bonds. The minimum Gasteiger partial charge on any atom is -0.214 e. The highest BCUT2D eigenvalue weighted by molar-refractivity contribution is 6.07. The van der Waals surface area contributed by atoms with Crippen LogP contribution in [-0.4, -0.2) is 4.68 Å². The molecule has 0 atom stereocenters. The Balaban J connectivity index is 1.91. The first-order chi connectivity index (χ1) is 10.8. The van der Waals surface area contributed by atoms with E-state index in [2.05, 4.69) is 53.7 Å². The van der Waals surface area contributed by atoms with Gasteiger partial charge in [-0.05, 0) is 31.2 Å². The van der Waals surface area contributed by atoms with Crippen LogP contribution in [-0.2, 0) is 0 Å². The number of nitrogens with zero attached hydrogens (tertiary/aromatic N) is 3. The van der Waals surface area contributed by atoms with Crippen LogP contribution in [0.3, 0.4) is 0 Å². The molecule has 1 aromatic heterocycles. The molecule has 106 valence electrons. The summed E-state index contributed by atoms with van der Waals surface area (Å²) in [5.41, 5.74) is 4.21. The SMILES string of the molecule is Cc1ccc(N=Nn2c3ccccc3c3ccccc32)cc1. The molecular formula is C19H15N3. The zero-order valence-electron chi connectivity index (χ0n) is 12.3. The maximum absolute atomic E-state index is 4.46. The molecule has 3 nitrogen and oxygen atoms in total. The van der Waals surface area contributed by atoms with Gasteiger partial charge in [-0.2, -0.15) is 0 Å². The maximum atomic E-state index is 4.46. The fraction of sp³-hybridized carbons (Fsp3) is 0.0526. The number of aromatic nitrogens is 1. The molecule has 0 radical (unpaired) electrons. The first kappa shape index (κ1) is 12.8. The van der Waals surface area contributed by atoms with Gasteiger partial charge < -0.3 is 0 Å². The lowest BCUT2D eigenvalue weighted by atomic mass is 10.2. The van der Waals surface area contributed by atoms with Crippen molar-refractivity contribution in [3.8, 4) is 0 Å². The van der Waals surface area contributed by atoms with Crippen molar-refractivity contribution in [3.05, 3.63) is 78.4 Å². The number of hydrogen-bond acceptors (Lipinski definition) is 2. The summed E-state index contributed by atoms with van der Waals surface area (Å²) in [7, 11) is 0. The Morgan fingerprint density at radius 1 is 0.682 bits per heavy atom. The van der Waals surface area contributed by atoms with Gasteiger partial charge in [0.05, 0.1) is 16.7 Å². The fourth-order valence-electron chi connectivity index (χ4n) is 2.71. The number of fused-ring (bicyclic) bond motifs is 3. The van der Waals surface area contributed by atoms with Crippen molar-refractivity contribution in [3.63, 3.8) is 0 Å². The molecule has 0 aliphatic carbocycles. The van der Waals surface area contributed by atoms with Gasteiger partial charge in [-0.15, -0.1) is 5.11 Å². The van der Waals surface area contributed by atoms with E-state index in [0.29, 0.717) is 0 Å². The average Bonchev–Trinajstić information content (AvgIpc) is 2.89. The van der Waals surface area contributed by atoms with E-state index in [9.17, 15) is 0 Å². The normalized spacial score (nSPS) is 11.7. The number of rotatable bonds is 2. The molecule has 3 aromatic carbocycles. The van der Waals surface area contributed by atoms with Gasteiger partial charge in [0.25, 0.3) is 0 Å². The standard InChI is InChI=1S/C19H15N3/c1-14-10-12-15(13-11-14)20-21-22-18-8-4-2-6-16(18)17-7-3-5-9-19(17)22/h2-13H,1H3. The highest BCUT2D eigenvalue weighted by Crippen LogP contribution is 2.29. The third-order valence-electron chi connectivity index (χ3n) is 3.84. The summed E-state index contributed by atoms with van der Waals surface area (Å²) in [4.78, 5) is 0. The van der Waals surface area contributed by atoms with Gasteiger partial charge in [-0.3, -0.25) is 0 Å². The Labute approximate surface area is 128 Å². The summed E-state index contributed by atoms with van der Waals surface area (Å²) in [5.74, 6) is 0. The van der Waals surface area contributed by atoms with Gasteiger partial charge in [0.2, 0.25) is 0 Å². The molecule has 0 aliphatic rings. The Hall–Kier alpha value is -2.94. The van der Waals surface area contributed by atoms with Crippen LogP contribution in [0.5, 0.6) is 0 Å². The first-order valence-corrected chi connectivity index (χ1v) is 7.30. The largest absolute Gasteiger partial charge is 0.214 e. The van der Waals surface area contributed by atoms with E-state index in [0.717, 1.165) is 16.7 Å². The van der Waals surface area contributed by atoms with Crippen LogP contribution >= 0.6 is 0 Å². The monoisotopic (exact) mass is 285 g/mol. The Morgan fingerprint density at radius 2 is 1.23 bits per heavy atom. The first-order valence-electron chi connectivity index (χ1n) is 7.30. The third kappa shape index (κ3) is 2.07. The molecule has 0 bridgehead atoms. The molecule has 0 fully saturated rings. The average molecular weight is 285 g/mol. The van der Waals surface area contributed by atoms with E-state index in [1.54, 1.807) is 0 Å². The van der Waals surface area contributed by atoms with Crippen LogP contribution in [0.2, 0.25) is 0 Å². The summed E-state index contributed by atoms with van der Waals surface area (Å²) in [6.45, 7) is 2.06. The third-order valence-corrected chi connectivity index (χ3v) is 3.84. The lowest BCUT2D eigenvalue weighted by Crippen LogP contribution is -1.85. The van der Waals surface area contributed by atoms with Crippen LogP contribution in [0.15, 0.2) is 83.1 Å². The molecule has 0 aliphatic heterocycles.